The quantitative estimate of drug-likeness (QED) is 0.723. The summed E-state index contributed by atoms with van der Waals surface area (Å²) in [5.41, 5.74) is 7.37. The van der Waals surface area contributed by atoms with Crippen molar-refractivity contribution in [3.8, 4) is 0 Å². The molecular weight excluding hydrogens is 240 g/mol. The van der Waals surface area contributed by atoms with E-state index in [1.54, 1.807) is 18.2 Å². The third-order valence-corrected chi connectivity index (χ3v) is 3.91. The second-order valence-corrected chi connectivity index (χ2v) is 5.45. The smallest absolute Gasteiger partial charge is 0.240 e. The van der Waals surface area contributed by atoms with Crippen LogP contribution in [-0.4, -0.2) is 28.7 Å². The summed E-state index contributed by atoms with van der Waals surface area (Å²) in [5.74, 6) is 0. The molecule has 1 aromatic carbocycles. The highest BCUT2D eigenvalue weighted by Gasteiger charge is 2.14. The maximum Gasteiger partial charge on any atom is 0.240 e. The Hall–Kier alpha value is -0.950. The lowest BCUT2D eigenvalue weighted by Gasteiger charge is -2.09. The molecule has 1 aromatic rings. The minimum atomic E-state index is -3.47. The zero-order valence-electron chi connectivity index (χ0n) is 10.1. The van der Waals surface area contributed by atoms with Crippen LogP contribution in [0.4, 0.5) is 0 Å². The van der Waals surface area contributed by atoms with E-state index in [9.17, 15) is 8.42 Å². The number of rotatable bonds is 6. The summed E-state index contributed by atoms with van der Waals surface area (Å²) in [5, 5.41) is 0. The van der Waals surface area contributed by atoms with Gasteiger partial charge < -0.3 is 10.5 Å². The van der Waals surface area contributed by atoms with Crippen LogP contribution < -0.4 is 10.5 Å². The van der Waals surface area contributed by atoms with Crippen molar-refractivity contribution in [3.05, 3.63) is 29.3 Å². The van der Waals surface area contributed by atoms with Crippen LogP contribution >= 0.6 is 0 Å². The molecule has 0 aromatic heterocycles. The SMILES string of the molecule is COCCNS(=O)(=O)c1ccc(C)c(CN)c1. The van der Waals surface area contributed by atoms with Crippen LogP contribution in [0, 0.1) is 6.92 Å². The predicted molar refractivity (Wildman–Crippen MR) is 66.1 cm³/mol. The van der Waals surface area contributed by atoms with Gasteiger partial charge in [-0.05, 0) is 30.2 Å². The minimum Gasteiger partial charge on any atom is -0.383 e. The van der Waals surface area contributed by atoms with Crippen molar-refractivity contribution in [1.29, 1.82) is 0 Å². The molecule has 0 radical (unpaired) electrons. The van der Waals surface area contributed by atoms with Gasteiger partial charge in [0, 0.05) is 20.2 Å². The lowest BCUT2D eigenvalue weighted by Crippen LogP contribution is -2.27. The Kier molecular flexibility index (Phi) is 5.07. The highest BCUT2D eigenvalue weighted by molar-refractivity contribution is 7.89. The third kappa shape index (κ3) is 3.78. The summed E-state index contributed by atoms with van der Waals surface area (Å²) in [7, 11) is -1.95. The highest BCUT2D eigenvalue weighted by atomic mass is 32.2. The monoisotopic (exact) mass is 258 g/mol. The molecule has 0 fully saturated rings. The standard InChI is InChI=1S/C11H18N2O3S/c1-9-3-4-11(7-10(9)8-12)17(14,15)13-5-6-16-2/h3-4,7,13H,5-6,8,12H2,1-2H3. The molecule has 0 aliphatic heterocycles. The van der Waals surface area contributed by atoms with Gasteiger partial charge in [0.15, 0.2) is 0 Å². The Labute approximate surface area is 102 Å². The van der Waals surface area contributed by atoms with E-state index >= 15 is 0 Å². The summed E-state index contributed by atoms with van der Waals surface area (Å²) in [6.45, 7) is 2.82. The molecule has 0 amide bonds. The van der Waals surface area contributed by atoms with Crippen molar-refractivity contribution in [3.63, 3.8) is 0 Å². The summed E-state index contributed by atoms with van der Waals surface area (Å²) < 4.78 is 31.0. The molecule has 0 spiro atoms. The van der Waals surface area contributed by atoms with Crippen molar-refractivity contribution in [2.75, 3.05) is 20.3 Å². The van der Waals surface area contributed by atoms with Gasteiger partial charge in [0.1, 0.15) is 0 Å². The lowest BCUT2D eigenvalue weighted by molar-refractivity contribution is 0.204. The second kappa shape index (κ2) is 6.11. The van der Waals surface area contributed by atoms with E-state index in [4.69, 9.17) is 10.5 Å². The van der Waals surface area contributed by atoms with Crippen LogP contribution in [0.3, 0.4) is 0 Å². The Balaban J connectivity index is 2.91. The molecule has 0 atom stereocenters. The Bertz CT molecular complexity index is 472. The van der Waals surface area contributed by atoms with Gasteiger partial charge in [-0.1, -0.05) is 6.07 Å². The first-order valence-electron chi connectivity index (χ1n) is 5.29. The van der Waals surface area contributed by atoms with Crippen molar-refractivity contribution >= 4 is 10.0 Å². The van der Waals surface area contributed by atoms with Gasteiger partial charge in [0.2, 0.25) is 10.0 Å². The zero-order valence-corrected chi connectivity index (χ0v) is 10.9. The van der Waals surface area contributed by atoms with Crippen LogP contribution in [0.15, 0.2) is 23.1 Å². The first-order chi connectivity index (χ1) is 8.01. The fourth-order valence-electron chi connectivity index (χ4n) is 1.40. The van der Waals surface area contributed by atoms with Crippen molar-refractivity contribution in [2.24, 2.45) is 5.73 Å². The average Bonchev–Trinajstić information content (AvgIpc) is 2.29. The van der Waals surface area contributed by atoms with E-state index < -0.39 is 10.0 Å². The zero-order chi connectivity index (χ0) is 12.9. The Morgan fingerprint density at radius 2 is 2.12 bits per heavy atom. The maximum atomic E-state index is 11.9. The van der Waals surface area contributed by atoms with Gasteiger partial charge in [-0.3, -0.25) is 0 Å². The largest absolute Gasteiger partial charge is 0.383 e. The number of methoxy groups -OCH3 is 1. The topological polar surface area (TPSA) is 81.4 Å². The number of ether oxygens (including phenoxy) is 1. The van der Waals surface area contributed by atoms with Gasteiger partial charge >= 0.3 is 0 Å². The fourth-order valence-corrected chi connectivity index (χ4v) is 2.46. The van der Waals surface area contributed by atoms with Gasteiger partial charge in [0.25, 0.3) is 0 Å². The van der Waals surface area contributed by atoms with E-state index in [-0.39, 0.29) is 11.4 Å². The molecule has 0 saturated heterocycles. The molecule has 0 aliphatic rings. The summed E-state index contributed by atoms with van der Waals surface area (Å²) in [4.78, 5) is 0.236. The Morgan fingerprint density at radius 1 is 1.41 bits per heavy atom. The fraction of sp³-hybridized carbons (Fsp3) is 0.455. The molecule has 1 rings (SSSR count). The molecule has 0 saturated carbocycles. The van der Waals surface area contributed by atoms with Crippen molar-refractivity contribution in [1.82, 2.24) is 4.72 Å². The van der Waals surface area contributed by atoms with Gasteiger partial charge in [-0.2, -0.15) is 0 Å². The summed E-state index contributed by atoms with van der Waals surface area (Å²) in [6, 6.07) is 4.93. The molecule has 6 heteroatoms. The summed E-state index contributed by atoms with van der Waals surface area (Å²) in [6.07, 6.45) is 0. The molecule has 0 unspecified atom stereocenters. The molecule has 0 bridgehead atoms. The van der Waals surface area contributed by atoms with E-state index in [2.05, 4.69) is 4.72 Å². The maximum absolute atomic E-state index is 11.9. The molecule has 0 heterocycles. The molecule has 5 nitrogen and oxygen atoms in total. The van der Waals surface area contributed by atoms with Crippen molar-refractivity contribution in [2.45, 2.75) is 18.4 Å². The number of hydrogen-bond donors (Lipinski definition) is 2. The molecular formula is C11H18N2O3S. The van der Waals surface area contributed by atoms with Crippen LogP contribution in [0.5, 0.6) is 0 Å². The molecule has 3 N–H and O–H groups in total. The van der Waals surface area contributed by atoms with Crippen LogP contribution in [0.2, 0.25) is 0 Å². The predicted octanol–water partition coefficient (Wildman–Crippen LogP) is 0.378. The van der Waals surface area contributed by atoms with E-state index in [0.29, 0.717) is 13.2 Å². The van der Waals surface area contributed by atoms with E-state index in [1.165, 1.54) is 7.11 Å². The second-order valence-electron chi connectivity index (χ2n) is 3.68. The van der Waals surface area contributed by atoms with Crippen LogP contribution in [0.25, 0.3) is 0 Å². The van der Waals surface area contributed by atoms with Crippen LogP contribution in [-0.2, 0) is 21.3 Å². The van der Waals surface area contributed by atoms with Crippen LogP contribution in [0.1, 0.15) is 11.1 Å². The normalized spacial score (nSPS) is 11.7. The van der Waals surface area contributed by atoms with E-state index in [0.717, 1.165) is 11.1 Å². The molecule has 17 heavy (non-hydrogen) atoms. The Morgan fingerprint density at radius 3 is 2.71 bits per heavy atom. The van der Waals surface area contributed by atoms with Gasteiger partial charge in [-0.15, -0.1) is 0 Å². The van der Waals surface area contributed by atoms with Gasteiger partial charge in [-0.25, -0.2) is 13.1 Å². The number of nitrogens with two attached hydrogens (primary N) is 1. The van der Waals surface area contributed by atoms with E-state index in [1.807, 2.05) is 6.92 Å². The number of aryl methyl sites for hydroxylation is 1. The molecule has 96 valence electrons. The number of nitrogens with one attached hydrogen (secondary N) is 1. The first-order valence-corrected chi connectivity index (χ1v) is 6.78. The lowest BCUT2D eigenvalue weighted by atomic mass is 10.1. The third-order valence-electron chi connectivity index (χ3n) is 2.45. The van der Waals surface area contributed by atoms with Gasteiger partial charge in [0.05, 0.1) is 11.5 Å². The molecule has 0 aliphatic carbocycles. The number of benzene rings is 1. The van der Waals surface area contributed by atoms with Crippen molar-refractivity contribution < 1.29 is 13.2 Å². The number of hydrogen-bond acceptors (Lipinski definition) is 4. The summed E-state index contributed by atoms with van der Waals surface area (Å²) >= 11 is 0. The highest BCUT2D eigenvalue weighted by Crippen LogP contribution is 2.14. The first kappa shape index (κ1) is 14.1. The average molecular weight is 258 g/mol. The minimum absolute atomic E-state index is 0.236. The number of sulfonamides is 1.